The Morgan fingerprint density at radius 1 is 1.25 bits per heavy atom. The number of hydrogen-bond acceptors (Lipinski definition) is 3. The van der Waals surface area contributed by atoms with Crippen LogP contribution in [0.5, 0.6) is 0 Å². The Balaban J connectivity index is 1.98. The molecule has 0 spiro atoms. The number of halogens is 1. The molecule has 0 aliphatic heterocycles. The SMILES string of the molecule is CNC(=O)Cc1ccc(NC(C)c2ccc(Br)s2)cc1. The van der Waals surface area contributed by atoms with Crippen LogP contribution in [0.4, 0.5) is 5.69 Å². The maximum atomic E-state index is 11.3. The summed E-state index contributed by atoms with van der Waals surface area (Å²) in [6.45, 7) is 2.14. The molecule has 0 aliphatic carbocycles. The third-order valence-electron chi connectivity index (χ3n) is 3.00. The second-order valence-corrected chi connectivity index (χ2v) is 7.05. The zero-order valence-corrected chi connectivity index (χ0v) is 13.8. The summed E-state index contributed by atoms with van der Waals surface area (Å²) in [5.74, 6) is 0.0301. The van der Waals surface area contributed by atoms with Crippen molar-refractivity contribution in [2.75, 3.05) is 12.4 Å². The molecule has 1 aromatic carbocycles. The first-order valence-corrected chi connectivity index (χ1v) is 8.00. The highest BCUT2D eigenvalue weighted by molar-refractivity contribution is 9.11. The molecule has 1 amide bonds. The van der Waals surface area contributed by atoms with Gasteiger partial charge in [0.1, 0.15) is 0 Å². The fraction of sp³-hybridized carbons (Fsp3) is 0.267. The standard InChI is InChI=1S/C15H17BrN2OS/c1-10(13-7-8-14(16)20-13)18-12-5-3-11(4-6-12)9-15(19)17-2/h3-8,10,18H,9H2,1-2H3,(H,17,19). The number of thiophene rings is 1. The van der Waals surface area contributed by atoms with E-state index in [4.69, 9.17) is 0 Å². The van der Waals surface area contributed by atoms with Crippen LogP contribution in [0.2, 0.25) is 0 Å². The Bertz CT molecular complexity index is 580. The minimum absolute atomic E-state index is 0.0301. The molecular weight excluding hydrogens is 336 g/mol. The summed E-state index contributed by atoms with van der Waals surface area (Å²) in [7, 11) is 1.65. The van der Waals surface area contributed by atoms with Crippen molar-refractivity contribution >= 4 is 38.9 Å². The number of hydrogen-bond donors (Lipinski definition) is 2. The molecule has 1 heterocycles. The summed E-state index contributed by atoms with van der Waals surface area (Å²) in [5, 5.41) is 6.08. The average molecular weight is 353 g/mol. The van der Waals surface area contributed by atoms with Crippen molar-refractivity contribution in [1.82, 2.24) is 5.32 Å². The van der Waals surface area contributed by atoms with E-state index in [9.17, 15) is 4.79 Å². The van der Waals surface area contributed by atoms with Gasteiger partial charge in [-0.05, 0) is 52.7 Å². The lowest BCUT2D eigenvalue weighted by Gasteiger charge is -2.14. The highest BCUT2D eigenvalue weighted by Crippen LogP contribution is 2.29. The van der Waals surface area contributed by atoms with Crippen LogP contribution in [-0.2, 0) is 11.2 Å². The third-order valence-corrected chi connectivity index (χ3v) is 4.81. The van der Waals surface area contributed by atoms with Gasteiger partial charge >= 0.3 is 0 Å². The van der Waals surface area contributed by atoms with Gasteiger partial charge in [0.15, 0.2) is 0 Å². The molecule has 1 unspecified atom stereocenters. The Hall–Kier alpha value is -1.33. The molecule has 0 saturated carbocycles. The van der Waals surface area contributed by atoms with Crippen molar-refractivity contribution in [2.24, 2.45) is 0 Å². The van der Waals surface area contributed by atoms with Gasteiger partial charge in [0.25, 0.3) is 0 Å². The molecular formula is C15H17BrN2OS. The van der Waals surface area contributed by atoms with Crippen molar-refractivity contribution in [3.05, 3.63) is 50.6 Å². The van der Waals surface area contributed by atoms with Crippen LogP contribution in [-0.4, -0.2) is 13.0 Å². The van der Waals surface area contributed by atoms with Crippen molar-refractivity contribution in [3.63, 3.8) is 0 Å². The van der Waals surface area contributed by atoms with Crippen LogP contribution in [0.25, 0.3) is 0 Å². The van der Waals surface area contributed by atoms with Crippen LogP contribution in [0.15, 0.2) is 40.2 Å². The van der Waals surface area contributed by atoms with E-state index in [-0.39, 0.29) is 11.9 Å². The molecule has 0 saturated heterocycles. The smallest absolute Gasteiger partial charge is 0.224 e. The fourth-order valence-electron chi connectivity index (χ4n) is 1.87. The van der Waals surface area contributed by atoms with Crippen LogP contribution in [0.3, 0.4) is 0 Å². The molecule has 1 aromatic heterocycles. The number of nitrogens with one attached hydrogen (secondary N) is 2. The number of carbonyl (C=O) groups is 1. The molecule has 106 valence electrons. The normalized spacial score (nSPS) is 11.9. The van der Waals surface area contributed by atoms with Gasteiger partial charge in [0, 0.05) is 17.6 Å². The van der Waals surface area contributed by atoms with Crippen LogP contribution < -0.4 is 10.6 Å². The molecule has 0 radical (unpaired) electrons. The molecule has 2 rings (SSSR count). The molecule has 2 aromatic rings. The number of likely N-dealkylation sites (N-methyl/N-ethyl adjacent to an activating group) is 1. The van der Waals surface area contributed by atoms with Crippen molar-refractivity contribution < 1.29 is 4.79 Å². The van der Waals surface area contributed by atoms with Gasteiger partial charge in [-0.1, -0.05) is 12.1 Å². The number of carbonyl (C=O) groups excluding carboxylic acids is 1. The zero-order valence-electron chi connectivity index (χ0n) is 11.4. The highest BCUT2D eigenvalue weighted by Gasteiger charge is 2.08. The Labute approximate surface area is 131 Å². The maximum absolute atomic E-state index is 11.3. The lowest BCUT2D eigenvalue weighted by Crippen LogP contribution is -2.19. The van der Waals surface area contributed by atoms with Crippen LogP contribution in [0, 0.1) is 0 Å². The molecule has 2 N–H and O–H groups in total. The van der Waals surface area contributed by atoms with E-state index in [2.05, 4.69) is 45.6 Å². The molecule has 0 bridgehead atoms. The summed E-state index contributed by atoms with van der Waals surface area (Å²) >= 11 is 5.21. The van der Waals surface area contributed by atoms with Crippen molar-refractivity contribution in [1.29, 1.82) is 0 Å². The van der Waals surface area contributed by atoms with E-state index in [1.807, 2.05) is 24.3 Å². The van der Waals surface area contributed by atoms with Crippen LogP contribution >= 0.6 is 27.3 Å². The Kier molecular flexibility index (Phi) is 5.20. The topological polar surface area (TPSA) is 41.1 Å². The van der Waals surface area contributed by atoms with E-state index in [1.54, 1.807) is 18.4 Å². The maximum Gasteiger partial charge on any atom is 0.224 e. The van der Waals surface area contributed by atoms with E-state index in [0.29, 0.717) is 6.42 Å². The molecule has 1 atom stereocenters. The quantitative estimate of drug-likeness (QED) is 0.854. The number of amides is 1. The summed E-state index contributed by atoms with van der Waals surface area (Å²) in [5.41, 5.74) is 2.07. The molecule has 0 fully saturated rings. The monoisotopic (exact) mass is 352 g/mol. The second kappa shape index (κ2) is 6.90. The van der Waals surface area contributed by atoms with E-state index < -0.39 is 0 Å². The largest absolute Gasteiger partial charge is 0.378 e. The van der Waals surface area contributed by atoms with Gasteiger partial charge in [-0.25, -0.2) is 0 Å². The van der Waals surface area contributed by atoms with Gasteiger partial charge in [0.2, 0.25) is 5.91 Å². The van der Waals surface area contributed by atoms with Crippen molar-refractivity contribution in [2.45, 2.75) is 19.4 Å². The molecule has 0 aliphatic rings. The number of benzene rings is 1. The van der Waals surface area contributed by atoms with Gasteiger partial charge in [0.05, 0.1) is 16.2 Å². The fourth-order valence-corrected chi connectivity index (χ4v) is 3.30. The van der Waals surface area contributed by atoms with E-state index >= 15 is 0 Å². The van der Waals surface area contributed by atoms with Crippen LogP contribution in [0.1, 0.15) is 23.4 Å². The summed E-state index contributed by atoms with van der Waals surface area (Å²) in [6.07, 6.45) is 0.421. The summed E-state index contributed by atoms with van der Waals surface area (Å²) < 4.78 is 1.14. The first-order valence-electron chi connectivity index (χ1n) is 6.40. The van der Waals surface area contributed by atoms with Gasteiger partial charge < -0.3 is 10.6 Å². The molecule has 20 heavy (non-hydrogen) atoms. The molecule has 3 nitrogen and oxygen atoms in total. The zero-order chi connectivity index (χ0) is 14.5. The van der Waals surface area contributed by atoms with Gasteiger partial charge in [-0.2, -0.15) is 0 Å². The minimum atomic E-state index is 0.0301. The number of rotatable bonds is 5. The number of anilines is 1. The van der Waals surface area contributed by atoms with Gasteiger partial charge in [-0.15, -0.1) is 11.3 Å². The summed E-state index contributed by atoms with van der Waals surface area (Å²) in [6, 6.07) is 12.4. The lowest BCUT2D eigenvalue weighted by atomic mass is 10.1. The first kappa shape index (κ1) is 15.1. The van der Waals surface area contributed by atoms with Gasteiger partial charge in [-0.3, -0.25) is 4.79 Å². The second-order valence-electron chi connectivity index (χ2n) is 4.55. The Morgan fingerprint density at radius 2 is 1.95 bits per heavy atom. The van der Waals surface area contributed by atoms with E-state index in [0.717, 1.165) is 15.0 Å². The van der Waals surface area contributed by atoms with E-state index in [1.165, 1.54) is 4.88 Å². The lowest BCUT2D eigenvalue weighted by molar-refractivity contribution is -0.119. The first-order chi connectivity index (χ1) is 9.58. The Morgan fingerprint density at radius 3 is 2.50 bits per heavy atom. The highest BCUT2D eigenvalue weighted by atomic mass is 79.9. The summed E-state index contributed by atoms with van der Waals surface area (Å²) in [4.78, 5) is 12.6. The predicted octanol–water partition coefficient (Wildman–Crippen LogP) is 3.97. The van der Waals surface area contributed by atoms with Crippen molar-refractivity contribution in [3.8, 4) is 0 Å². The predicted molar refractivity (Wildman–Crippen MR) is 88.3 cm³/mol. The average Bonchev–Trinajstić information content (AvgIpc) is 2.87. The third kappa shape index (κ3) is 4.08. The minimum Gasteiger partial charge on any atom is -0.378 e. The molecule has 5 heteroatoms.